The Morgan fingerprint density at radius 1 is 0.368 bits per heavy atom. The van der Waals surface area contributed by atoms with Crippen molar-refractivity contribution in [3.05, 3.63) is 47.6 Å². The van der Waals surface area contributed by atoms with Gasteiger partial charge in [-0.15, -0.1) is 6.58 Å². The second-order valence-corrected chi connectivity index (χ2v) is 20.7. The van der Waals surface area contributed by atoms with Gasteiger partial charge < -0.3 is 35.7 Å². The first-order valence-corrected chi connectivity index (χ1v) is 22.7. The zero-order valence-corrected chi connectivity index (χ0v) is 39.1. The van der Waals surface area contributed by atoms with Gasteiger partial charge in [0.15, 0.2) is 0 Å². The molecule has 0 aliphatic heterocycles. The molecule has 0 saturated carbocycles. The Kier molecular flexibility index (Phi) is 25.5. The molecule has 0 saturated heterocycles. The molecule has 7 nitrogen and oxygen atoms in total. The minimum absolute atomic E-state index is 0.576. The van der Waals surface area contributed by atoms with Crippen LogP contribution in [0.5, 0.6) is 0 Å². The van der Waals surface area contributed by atoms with E-state index >= 15 is 0 Å². The lowest BCUT2D eigenvalue weighted by Gasteiger charge is -2.30. The Morgan fingerprint density at radius 2 is 0.649 bits per heavy atom. The third-order valence-electron chi connectivity index (χ3n) is 12.3. The van der Waals surface area contributed by atoms with Crippen molar-refractivity contribution < 1.29 is 35.7 Å². The molecule has 336 valence electrons. The maximum Gasteiger partial charge on any atom is 0.0800 e. The molecular weight excluding hydrogens is 713 g/mol. The van der Waals surface area contributed by atoms with Crippen molar-refractivity contribution in [3.8, 4) is 0 Å². The number of hydrogen-bond donors (Lipinski definition) is 7. The van der Waals surface area contributed by atoms with E-state index in [9.17, 15) is 35.7 Å². The largest absolute Gasteiger partial charge is 0.390 e. The third kappa shape index (κ3) is 32.2. The summed E-state index contributed by atoms with van der Waals surface area (Å²) in [5.41, 5.74) is -1.79. The zero-order valence-electron chi connectivity index (χ0n) is 39.1. The van der Waals surface area contributed by atoms with Gasteiger partial charge in [0, 0.05) is 0 Å². The van der Waals surface area contributed by atoms with E-state index in [1.54, 1.807) is 13.0 Å². The van der Waals surface area contributed by atoms with E-state index in [1.807, 2.05) is 41.5 Å². The minimum Gasteiger partial charge on any atom is -0.390 e. The molecule has 0 aromatic rings. The highest BCUT2D eigenvalue weighted by atomic mass is 16.3. The predicted octanol–water partition coefficient (Wildman–Crippen LogP) is 11.7. The molecule has 0 rings (SSSR count). The fourth-order valence-corrected chi connectivity index (χ4v) is 7.88. The van der Waals surface area contributed by atoms with Crippen molar-refractivity contribution >= 4 is 0 Å². The van der Waals surface area contributed by atoms with Gasteiger partial charge in [0.1, 0.15) is 0 Å². The van der Waals surface area contributed by atoms with Gasteiger partial charge in [-0.05, 0) is 230 Å². The molecule has 0 aromatic carbocycles. The topological polar surface area (TPSA) is 142 Å². The fraction of sp³-hybridized carbons (Fsp3) is 0.840. The van der Waals surface area contributed by atoms with Crippen molar-refractivity contribution in [2.24, 2.45) is 0 Å². The van der Waals surface area contributed by atoms with Crippen molar-refractivity contribution in [1.82, 2.24) is 0 Å². The monoisotopic (exact) mass is 807 g/mol. The second kappa shape index (κ2) is 26.1. The van der Waals surface area contributed by atoms with Gasteiger partial charge in [0.05, 0.1) is 39.2 Å². The Labute approximate surface area is 351 Å². The number of rotatable bonds is 34. The Morgan fingerprint density at radius 3 is 0.982 bits per heavy atom. The summed E-state index contributed by atoms with van der Waals surface area (Å²) in [6.07, 6.45) is 25.6. The second-order valence-electron chi connectivity index (χ2n) is 20.7. The smallest absolute Gasteiger partial charge is 0.0800 e. The Bertz CT molecular complexity index is 1190. The first kappa shape index (κ1) is 55.7. The van der Waals surface area contributed by atoms with Crippen LogP contribution in [0, 0.1) is 0 Å². The van der Waals surface area contributed by atoms with Gasteiger partial charge in [-0.1, -0.05) is 41.0 Å². The molecule has 0 amide bonds. The summed E-state index contributed by atoms with van der Waals surface area (Å²) >= 11 is 0. The van der Waals surface area contributed by atoms with Crippen LogP contribution in [-0.2, 0) is 0 Å². The van der Waals surface area contributed by atoms with Crippen LogP contribution in [0.25, 0.3) is 0 Å². The highest BCUT2D eigenvalue weighted by Gasteiger charge is 2.29. The van der Waals surface area contributed by atoms with Gasteiger partial charge in [-0.25, -0.2) is 0 Å². The van der Waals surface area contributed by atoms with Crippen LogP contribution in [-0.4, -0.2) is 75.0 Å². The number of allylic oxidation sites excluding steroid dienone is 6. The summed E-state index contributed by atoms with van der Waals surface area (Å²) in [5.74, 6) is 0. The van der Waals surface area contributed by atoms with Gasteiger partial charge in [-0.2, -0.15) is 0 Å². The van der Waals surface area contributed by atoms with Gasteiger partial charge in [-0.3, -0.25) is 0 Å². The van der Waals surface area contributed by atoms with Crippen molar-refractivity contribution in [1.29, 1.82) is 0 Å². The summed E-state index contributed by atoms with van der Waals surface area (Å²) < 4.78 is 0. The lowest BCUT2D eigenvalue weighted by atomic mass is 9.83. The minimum atomic E-state index is -0.872. The highest BCUT2D eigenvalue weighted by Crippen LogP contribution is 2.32. The average molecular weight is 807 g/mol. The summed E-state index contributed by atoms with van der Waals surface area (Å²) in [5, 5.41) is 75.9. The van der Waals surface area contributed by atoms with E-state index in [2.05, 4.69) is 52.5 Å². The summed E-state index contributed by atoms with van der Waals surface area (Å²) in [6, 6.07) is 0. The highest BCUT2D eigenvalue weighted by molar-refractivity contribution is 5.05. The van der Waals surface area contributed by atoms with Crippen LogP contribution in [0.4, 0.5) is 0 Å². The molecular formula is C50H94O7. The maximum absolute atomic E-state index is 11.1. The molecule has 7 heteroatoms. The van der Waals surface area contributed by atoms with E-state index in [0.717, 1.165) is 57.8 Å². The van der Waals surface area contributed by atoms with Crippen LogP contribution in [0.3, 0.4) is 0 Å². The van der Waals surface area contributed by atoms with Gasteiger partial charge >= 0.3 is 0 Å². The third-order valence-corrected chi connectivity index (χ3v) is 12.3. The fourth-order valence-electron chi connectivity index (χ4n) is 7.88. The first-order chi connectivity index (χ1) is 26.0. The molecule has 0 heterocycles. The lowest BCUT2D eigenvalue weighted by molar-refractivity contribution is -0.00729. The molecule has 57 heavy (non-hydrogen) atoms. The van der Waals surface area contributed by atoms with Crippen LogP contribution in [0.2, 0.25) is 0 Å². The van der Waals surface area contributed by atoms with E-state index in [-0.39, 0.29) is 0 Å². The summed E-state index contributed by atoms with van der Waals surface area (Å²) in [4.78, 5) is 0. The predicted molar refractivity (Wildman–Crippen MR) is 242 cm³/mol. The number of hydrogen-bond acceptors (Lipinski definition) is 7. The molecule has 0 aromatic heterocycles. The first-order valence-electron chi connectivity index (χ1n) is 22.7. The SMILES string of the molecule is C=C[C@](C)(O)CC/C=C(\C)CC/C=C(\C)CCC[C@@](C)(O)CCC[C@](C)(O)CCC[C@@](C)(O)CCC[C@](C)(O)CCC[C@](C)(O)CCC[C@@](C)(O)CCC=C(C)C. The molecule has 0 fully saturated rings. The normalized spacial score (nSPS) is 20.2. The summed E-state index contributed by atoms with van der Waals surface area (Å²) in [6.45, 7) is 25.1. The molecule has 0 aliphatic rings. The lowest BCUT2D eigenvalue weighted by Crippen LogP contribution is -2.31. The van der Waals surface area contributed by atoms with Gasteiger partial charge in [0.25, 0.3) is 0 Å². The van der Waals surface area contributed by atoms with Gasteiger partial charge in [0.2, 0.25) is 0 Å². The summed E-state index contributed by atoms with van der Waals surface area (Å²) in [7, 11) is 0. The van der Waals surface area contributed by atoms with Crippen LogP contribution in [0.1, 0.15) is 230 Å². The molecule has 7 atom stereocenters. The Hall–Kier alpha value is -1.32. The van der Waals surface area contributed by atoms with E-state index in [1.165, 1.54) is 16.7 Å². The molecule has 7 N–H and O–H groups in total. The van der Waals surface area contributed by atoms with E-state index < -0.39 is 39.2 Å². The van der Waals surface area contributed by atoms with Crippen LogP contribution < -0.4 is 0 Å². The van der Waals surface area contributed by atoms with Crippen LogP contribution in [0.15, 0.2) is 47.6 Å². The molecule has 0 aliphatic carbocycles. The standard InChI is InChI=1S/C50H94O7/c1-13-44(6,51)28-16-26-42(4)24-14-25-43(5)27-17-30-46(8,53)32-19-34-48(10,55)36-21-38-50(12,57)40-22-39-49(11,56)37-20-35-47(9,54)33-18-31-45(7,52)29-15-23-41(2)3/h13,23,25-26,51-57H,1,14-22,24,27-40H2,2-12H3/b42-26+,43-25+/t44-,45-,46+,47+,48-,49+,50+/m0/s1. The quantitative estimate of drug-likeness (QED) is 0.0321. The van der Waals surface area contributed by atoms with E-state index in [0.29, 0.717) is 96.3 Å². The molecule has 0 bridgehead atoms. The maximum atomic E-state index is 11.1. The van der Waals surface area contributed by atoms with Crippen LogP contribution >= 0.6 is 0 Å². The van der Waals surface area contributed by atoms with Crippen molar-refractivity contribution in [3.63, 3.8) is 0 Å². The average Bonchev–Trinajstić information content (AvgIpc) is 3.03. The molecule has 0 spiro atoms. The van der Waals surface area contributed by atoms with E-state index in [4.69, 9.17) is 0 Å². The molecule has 0 radical (unpaired) electrons. The zero-order chi connectivity index (χ0) is 44.0. The number of aliphatic hydroxyl groups is 7. The van der Waals surface area contributed by atoms with Crippen molar-refractivity contribution in [2.75, 3.05) is 0 Å². The molecule has 0 unspecified atom stereocenters. The Balaban J connectivity index is 4.38. The van der Waals surface area contributed by atoms with Crippen molar-refractivity contribution in [2.45, 2.75) is 269 Å².